The number of rotatable bonds is 8. The second kappa shape index (κ2) is 13.3. The molecule has 0 saturated carbocycles. The van der Waals surface area contributed by atoms with Gasteiger partial charge in [0.25, 0.3) is 0 Å². The number of benzene rings is 2. The van der Waals surface area contributed by atoms with Crippen LogP contribution in [0.15, 0.2) is 118 Å². The van der Waals surface area contributed by atoms with Crippen LogP contribution in [0.5, 0.6) is 0 Å². The summed E-state index contributed by atoms with van der Waals surface area (Å²) >= 11 is 2.20. The number of anilines is 1. The molecule has 5 aliphatic rings. The summed E-state index contributed by atoms with van der Waals surface area (Å²) in [6.07, 6.45) is 25.5. The molecule has 0 spiro atoms. The second-order valence-electron chi connectivity index (χ2n) is 15.1. The first-order valence-electron chi connectivity index (χ1n) is 18.3. The van der Waals surface area contributed by atoms with E-state index in [0.717, 1.165) is 36.8 Å². The molecule has 47 heavy (non-hydrogen) atoms. The molecule has 0 amide bonds. The third-order valence-corrected chi connectivity index (χ3v) is 13.3. The van der Waals surface area contributed by atoms with Gasteiger partial charge in [-0.05, 0) is 145 Å². The fourth-order valence-corrected chi connectivity index (χ4v) is 11.2. The topological polar surface area (TPSA) is 12.0 Å². The lowest BCUT2D eigenvalue weighted by molar-refractivity contribution is 0.346. The molecule has 0 aromatic heterocycles. The Bertz CT molecular complexity index is 1750. The van der Waals surface area contributed by atoms with Gasteiger partial charge in [-0.15, -0.1) is 11.8 Å². The third-order valence-electron chi connectivity index (χ3n) is 11.8. The fraction of sp³-hybridized carbons (Fsp3) is 0.422. The predicted molar refractivity (Wildman–Crippen MR) is 206 cm³/mol. The van der Waals surface area contributed by atoms with E-state index < -0.39 is 0 Å². The van der Waals surface area contributed by atoms with Crippen LogP contribution in [0.1, 0.15) is 114 Å². The molecular formula is C45H53NS. The smallest absolute Gasteiger partial charge is 0.0388 e. The number of aryl methyl sites for hydroxylation is 1. The largest absolute Gasteiger partial charge is 0.359 e. The summed E-state index contributed by atoms with van der Waals surface area (Å²) in [6.45, 7) is 16.0. The van der Waals surface area contributed by atoms with Crippen molar-refractivity contribution in [3.8, 4) is 0 Å². The van der Waals surface area contributed by atoms with E-state index in [2.05, 4.69) is 137 Å². The van der Waals surface area contributed by atoms with Crippen molar-refractivity contribution in [2.45, 2.75) is 109 Å². The van der Waals surface area contributed by atoms with Gasteiger partial charge >= 0.3 is 0 Å². The third kappa shape index (κ3) is 6.01. The maximum Gasteiger partial charge on any atom is 0.0388 e. The van der Waals surface area contributed by atoms with Gasteiger partial charge in [0.1, 0.15) is 0 Å². The maximum atomic E-state index is 4.32. The van der Waals surface area contributed by atoms with Crippen molar-refractivity contribution in [2.24, 2.45) is 11.8 Å². The Morgan fingerprint density at radius 3 is 2.72 bits per heavy atom. The van der Waals surface area contributed by atoms with Crippen LogP contribution in [0, 0.1) is 18.8 Å². The van der Waals surface area contributed by atoms with Crippen LogP contribution in [-0.4, -0.2) is 5.25 Å². The van der Waals surface area contributed by atoms with Crippen LogP contribution < -0.4 is 5.32 Å². The summed E-state index contributed by atoms with van der Waals surface area (Å²) < 4.78 is 0. The summed E-state index contributed by atoms with van der Waals surface area (Å²) in [5, 5.41) is 4.50. The van der Waals surface area contributed by atoms with E-state index >= 15 is 0 Å². The van der Waals surface area contributed by atoms with Crippen LogP contribution >= 0.6 is 11.8 Å². The first-order chi connectivity index (χ1) is 22.8. The maximum absolute atomic E-state index is 4.32. The summed E-state index contributed by atoms with van der Waals surface area (Å²) in [5.74, 6) is 2.06. The Labute approximate surface area is 288 Å². The van der Waals surface area contributed by atoms with Gasteiger partial charge in [0.05, 0.1) is 0 Å². The molecule has 2 aromatic carbocycles. The van der Waals surface area contributed by atoms with Crippen molar-refractivity contribution >= 4 is 23.0 Å². The second-order valence-corrected chi connectivity index (χ2v) is 16.3. The average molecular weight is 640 g/mol. The lowest BCUT2D eigenvalue weighted by Crippen LogP contribution is -2.21. The lowest BCUT2D eigenvalue weighted by atomic mass is 9.75. The van der Waals surface area contributed by atoms with Crippen molar-refractivity contribution < 1.29 is 0 Å². The quantitative estimate of drug-likeness (QED) is 0.228. The number of hydrogen-bond acceptors (Lipinski definition) is 2. The predicted octanol–water partition coefficient (Wildman–Crippen LogP) is 12.9. The molecule has 1 saturated heterocycles. The zero-order valence-electron chi connectivity index (χ0n) is 29.3. The molecule has 244 valence electrons. The number of thioether (sulfide) groups is 1. The van der Waals surface area contributed by atoms with Crippen molar-refractivity contribution in [3.05, 3.63) is 141 Å². The summed E-state index contributed by atoms with van der Waals surface area (Å²) in [7, 11) is 0. The van der Waals surface area contributed by atoms with E-state index in [1.165, 1.54) is 77.6 Å². The number of hydrogen-bond donors (Lipinski definition) is 1. The molecule has 0 radical (unpaired) electrons. The molecular weight excluding hydrogens is 587 g/mol. The molecule has 1 heterocycles. The van der Waals surface area contributed by atoms with Crippen molar-refractivity contribution in [3.63, 3.8) is 0 Å². The fourth-order valence-electron chi connectivity index (χ4n) is 9.37. The van der Waals surface area contributed by atoms with E-state index in [4.69, 9.17) is 0 Å². The Morgan fingerprint density at radius 2 is 1.91 bits per heavy atom. The van der Waals surface area contributed by atoms with Crippen molar-refractivity contribution in [2.75, 3.05) is 5.32 Å². The first-order valence-corrected chi connectivity index (χ1v) is 19.2. The molecule has 1 aliphatic heterocycles. The van der Waals surface area contributed by atoms with E-state index in [9.17, 15) is 0 Å². The Kier molecular flexibility index (Phi) is 9.18. The van der Waals surface area contributed by atoms with E-state index in [1.807, 2.05) is 0 Å². The van der Waals surface area contributed by atoms with Gasteiger partial charge < -0.3 is 5.32 Å². The Balaban J connectivity index is 1.17. The van der Waals surface area contributed by atoms with Crippen LogP contribution in [-0.2, 0) is 5.41 Å². The minimum absolute atomic E-state index is 0.00683. The molecule has 2 aromatic rings. The van der Waals surface area contributed by atoms with Crippen molar-refractivity contribution in [1.82, 2.24) is 0 Å². The molecule has 0 bridgehead atoms. The highest BCUT2D eigenvalue weighted by Gasteiger charge is 2.43. The van der Waals surface area contributed by atoms with Crippen LogP contribution in [0.2, 0.25) is 0 Å². The first kappa shape index (κ1) is 32.3. The average Bonchev–Trinajstić information content (AvgIpc) is 3.46. The van der Waals surface area contributed by atoms with Gasteiger partial charge in [-0.3, -0.25) is 0 Å². The summed E-state index contributed by atoms with van der Waals surface area (Å²) in [4.78, 5) is 1.74. The number of nitrogens with one attached hydrogen (secondary N) is 1. The molecule has 1 N–H and O–H groups in total. The van der Waals surface area contributed by atoms with E-state index in [-0.39, 0.29) is 5.41 Å². The summed E-state index contributed by atoms with van der Waals surface area (Å²) in [6, 6.07) is 16.0. The summed E-state index contributed by atoms with van der Waals surface area (Å²) in [5.41, 5.74) is 15.5. The van der Waals surface area contributed by atoms with Gasteiger partial charge in [0, 0.05) is 28.0 Å². The SMILES string of the molecule is C=CC1=CC(c2ccccc2C)CCC2=C1c1cc(N/C(C)=C/C=C(\CCC)C3=C4SC5C=CCC[C@@H]5C4CCC3)ccc1C2(C)C. The molecule has 4 aliphatic carbocycles. The van der Waals surface area contributed by atoms with Gasteiger partial charge in [-0.1, -0.05) is 100 Å². The van der Waals surface area contributed by atoms with Crippen LogP contribution in [0.4, 0.5) is 5.69 Å². The van der Waals surface area contributed by atoms with Gasteiger partial charge in [0.15, 0.2) is 0 Å². The van der Waals surface area contributed by atoms with Crippen LogP contribution in [0.3, 0.4) is 0 Å². The number of allylic oxidation sites excluding steroid dienone is 12. The standard InChI is InChI=1S/C45H53NS/c1-7-14-32(36-18-13-19-38-37-17-11-12-20-42(37)47-44(36)38)22-21-30(4)46-34-24-26-40-39(28-34)43-31(8-2)27-33(23-25-41(43)45(40,5)6)35-16-10-9-15-29(35)3/h8-10,12,15-16,20-22,24,26-28,33,37-38,42,46H,2,7,11,13-14,17-19,23,25H2,1,3-6H3/b30-21+,32-22+/t33?,37-,38?,42?/m1/s1. The zero-order chi connectivity index (χ0) is 32.7. The monoisotopic (exact) mass is 639 g/mol. The Hall–Kier alpha value is -3.23. The molecule has 4 atom stereocenters. The van der Waals surface area contributed by atoms with Gasteiger partial charge in [-0.2, -0.15) is 0 Å². The molecule has 1 fully saturated rings. The number of fused-ring (bicyclic) bond motifs is 5. The Morgan fingerprint density at radius 1 is 1.06 bits per heavy atom. The van der Waals surface area contributed by atoms with E-state index in [1.54, 1.807) is 21.6 Å². The molecule has 3 unspecified atom stereocenters. The molecule has 7 rings (SSSR count). The minimum atomic E-state index is 0.00683. The van der Waals surface area contributed by atoms with Crippen molar-refractivity contribution in [1.29, 1.82) is 0 Å². The van der Waals surface area contributed by atoms with E-state index in [0.29, 0.717) is 11.2 Å². The molecule has 1 nitrogen and oxygen atoms in total. The molecule has 2 heteroatoms. The van der Waals surface area contributed by atoms with Crippen LogP contribution in [0.25, 0.3) is 5.57 Å². The minimum Gasteiger partial charge on any atom is -0.359 e. The van der Waals surface area contributed by atoms with Gasteiger partial charge in [-0.25, -0.2) is 0 Å². The lowest BCUT2D eigenvalue weighted by Gasteiger charge is -2.29. The van der Waals surface area contributed by atoms with Gasteiger partial charge in [0.2, 0.25) is 0 Å². The zero-order valence-corrected chi connectivity index (χ0v) is 30.1. The highest BCUT2D eigenvalue weighted by Crippen LogP contribution is 2.57. The highest BCUT2D eigenvalue weighted by atomic mass is 32.2. The highest BCUT2D eigenvalue weighted by molar-refractivity contribution is 8.04. The normalized spacial score (nSPS) is 26.7.